The lowest BCUT2D eigenvalue weighted by atomic mass is 10.3. The van der Waals surface area contributed by atoms with Crippen LogP contribution in [0.3, 0.4) is 0 Å². The summed E-state index contributed by atoms with van der Waals surface area (Å²) in [6.07, 6.45) is -4.66. The van der Waals surface area contributed by atoms with Crippen LogP contribution in [0, 0.1) is 0 Å². The molecule has 122 valence electrons. The predicted molar refractivity (Wildman–Crippen MR) is 78.0 cm³/mol. The number of halogens is 3. The molecule has 0 saturated carbocycles. The van der Waals surface area contributed by atoms with E-state index in [1.54, 1.807) is 18.2 Å². The number of hydrogen-bond donors (Lipinski definition) is 3. The minimum absolute atomic E-state index is 0.0155. The summed E-state index contributed by atoms with van der Waals surface area (Å²) in [5.74, 6) is -1.03. The minimum Gasteiger partial charge on any atom is -0.339 e. The van der Waals surface area contributed by atoms with Crippen LogP contribution in [0.1, 0.15) is 5.82 Å². The molecule has 0 radical (unpaired) electrons. The average molecular weight is 335 g/mol. The molecule has 0 aliphatic heterocycles. The molecule has 1 aromatic carbocycles. The van der Waals surface area contributed by atoms with Gasteiger partial charge in [-0.2, -0.15) is 17.7 Å². The Hall–Kier alpha value is -3.37. The van der Waals surface area contributed by atoms with Crippen molar-refractivity contribution in [1.29, 1.82) is 0 Å². The Morgan fingerprint density at radius 3 is 2.62 bits per heavy atom. The number of nitrogens with one attached hydrogen (secondary N) is 3. The van der Waals surface area contributed by atoms with Crippen LogP contribution in [-0.2, 0) is 6.18 Å². The Labute approximate surface area is 130 Å². The van der Waals surface area contributed by atoms with Gasteiger partial charge in [-0.25, -0.2) is 4.79 Å². The largest absolute Gasteiger partial charge is 0.453 e. The monoisotopic (exact) mass is 335 g/mol. The fourth-order valence-electron chi connectivity index (χ4n) is 2.29. The molecule has 0 bridgehead atoms. The van der Waals surface area contributed by atoms with Gasteiger partial charge in [0.25, 0.3) is 5.82 Å². The molecule has 4 rings (SSSR count). The molecule has 0 unspecified atom stereocenters. The van der Waals surface area contributed by atoms with Gasteiger partial charge in [0, 0.05) is 5.69 Å². The number of H-pyrrole nitrogens is 2. The van der Waals surface area contributed by atoms with Crippen LogP contribution in [0.15, 0.2) is 35.1 Å². The molecule has 3 N–H and O–H groups in total. The highest BCUT2D eigenvalue weighted by atomic mass is 19.4. The number of anilines is 2. The summed E-state index contributed by atoms with van der Waals surface area (Å²) < 4.78 is 39.2. The molecule has 3 heterocycles. The van der Waals surface area contributed by atoms with Crippen molar-refractivity contribution in [2.24, 2.45) is 0 Å². The third-order valence-corrected chi connectivity index (χ3v) is 3.30. The van der Waals surface area contributed by atoms with Crippen LogP contribution in [-0.4, -0.2) is 29.8 Å². The van der Waals surface area contributed by atoms with Crippen LogP contribution in [0.4, 0.5) is 24.7 Å². The molecule has 24 heavy (non-hydrogen) atoms. The third-order valence-electron chi connectivity index (χ3n) is 3.30. The van der Waals surface area contributed by atoms with E-state index in [1.807, 2.05) is 0 Å². The first-order valence-corrected chi connectivity index (χ1v) is 6.69. The molecule has 0 fully saturated rings. The lowest BCUT2D eigenvalue weighted by Crippen LogP contribution is -2.13. The standard InChI is InChI=1S/C13H8F3N7O/c14-13(15,16)11-21-20-10-4-3-9(22-23(10)11)17-6-1-2-7-8(5-6)19-12(24)18-7/h1-5H,(H,17,22)(H2,18,19,24). The van der Waals surface area contributed by atoms with Crippen molar-refractivity contribution >= 4 is 28.2 Å². The highest BCUT2D eigenvalue weighted by Crippen LogP contribution is 2.28. The number of imidazole rings is 1. The Bertz CT molecular complexity index is 1110. The van der Waals surface area contributed by atoms with Crippen LogP contribution in [0.5, 0.6) is 0 Å². The summed E-state index contributed by atoms with van der Waals surface area (Å²) >= 11 is 0. The van der Waals surface area contributed by atoms with Gasteiger partial charge in [0.15, 0.2) is 11.5 Å². The summed E-state index contributed by atoms with van der Waals surface area (Å²) in [4.78, 5) is 16.4. The second kappa shape index (κ2) is 4.81. The van der Waals surface area contributed by atoms with Gasteiger partial charge in [0.2, 0.25) is 0 Å². The number of rotatable bonds is 2. The van der Waals surface area contributed by atoms with Gasteiger partial charge < -0.3 is 15.3 Å². The zero-order chi connectivity index (χ0) is 16.9. The first kappa shape index (κ1) is 14.2. The molecular formula is C13H8F3N7O. The van der Waals surface area contributed by atoms with E-state index in [1.165, 1.54) is 12.1 Å². The fraction of sp³-hybridized carbons (Fsp3) is 0.0769. The predicted octanol–water partition coefficient (Wildman–Crippen LogP) is 2.06. The number of hydrogen-bond acceptors (Lipinski definition) is 5. The molecule has 0 spiro atoms. The zero-order valence-corrected chi connectivity index (χ0v) is 11.7. The highest BCUT2D eigenvalue weighted by Gasteiger charge is 2.37. The molecule has 11 heteroatoms. The number of aromatic amines is 2. The minimum atomic E-state index is -4.66. The smallest absolute Gasteiger partial charge is 0.339 e. The van der Waals surface area contributed by atoms with E-state index < -0.39 is 12.0 Å². The zero-order valence-electron chi connectivity index (χ0n) is 11.7. The second-order valence-corrected chi connectivity index (χ2v) is 4.97. The Morgan fingerprint density at radius 1 is 1.04 bits per heavy atom. The molecule has 0 amide bonds. The van der Waals surface area contributed by atoms with Crippen LogP contribution in [0.25, 0.3) is 16.7 Å². The topological polar surface area (TPSA) is 104 Å². The van der Waals surface area contributed by atoms with Crippen molar-refractivity contribution in [2.45, 2.75) is 6.18 Å². The number of benzene rings is 1. The Morgan fingerprint density at radius 2 is 1.83 bits per heavy atom. The van der Waals surface area contributed by atoms with Crippen molar-refractivity contribution < 1.29 is 13.2 Å². The van der Waals surface area contributed by atoms with E-state index in [9.17, 15) is 18.0 Å². The Kier molecular flexibility index (Phi) is 2.85. The molecule has 3 aromatic heterocycles. The van der Waals surface area contributed by atoms with Gasteiger partial charge in [-0.3, -0.25) is 0 Å². The van der Waals surface area contributed by atoms with Gasteiger partial charge in [0.05, 0.1) is 11.0 Å². The van der Waals surface area contributed by atoms with Gasteiger partial charge in [-0.1, -0.05) is 0 Å². The third kappa shape index (κ3) is 2.35. The summed E-state index contributed by atoms with van der Waals surface area (Å²) in [6.45, 7) is 0. The van der Waals surface area contributed by atoms with E-state index in [4.69, 9.17) is 0 Å². The van der Waals surface area contributed by atoms with Crippen molar-refractivity contribution in [3.63, 3.8) is 0 Å². The molecule has 0 aliphatic carbocycles. The van der Waals surface area contributed by atoms with Gasteiger partial charge in [-0.05, 0) is 30.3 Å². The molecule has 8 nitrogen and oxygen atoms in total. The molecule has 0 atom stereocenters. The average Bonchev–Trinajstić information content (AvgIpc) is 3.08. The Balaban J connectivity index is 1.74. The normalized spacial score (nSPS) is 12.1. The first-order valence-electron chi connectivity index (χ1n) is 6.69. The molecule has 0 saturated heterocycles. The van der Waals surface area contributed by atoms with Crippen LogP contribution in [0.2, 0.25) is 0 Å². The van der Waals surface area contributed by atoms with Crippen molar-refractivity contribution in [3.05, 3.63) is 46.6 Å². The van der Waals surface area contributed by atoms with E-state index in [2.05, 4.69) is 30.6 Å². The van der Waals surface area contributed by atoms with E-state index in [-0.39, 0.29) is 17.2 Å². The molecular weight excluding hydrogens is 327 g/mol. The summed E-state index contributed by atoms with van der Waals surface area (Å²) in [7, 11) is 0. The van der Waals surface area contributed by atoms with E-state index in [0.29, 0.717) is 21.2 Å². The van der Waals surface area contributed by atoms with Gasteiger partial charge in [-0.15, -0.1) is 15.3 Å². The number of nitrogens with zero attached hydrogens (tertiary/aromatic N) is 4. The lowest BCUT2D eigenvalue weighted by molar-refractivity contribution is -0.146. The summed E-state index contributed by atoms with van der Waals surface area (Å²) in [5, 5.41) is 13.3. The lowest BCUT2D eigenvalue weighted by Gasteiger charge is -2.07. The molecule has 4 aromatic rings. The fourth-order valence-corrected chi connectivity index (χ4v) is 2.29. The van der Waals surface area contributed by atoms with E-state index >= 15 is 0 Å². The number of alkyl halides is 3. The second-order valence-electron chi connectivity index (χ2n) is 4.97. The SMILES string of the molecule is O=c1[nH]c2ccc(Nc3ccc4nnc(C(F)(F)F)n4n3)cc2[nH]1. The van der Waals surface area contributed by atoms with Gasteiger partial charge >= 0.3 is 11.9 Å². The summed E-state index contributed by atoms with van der Waals surface area (Å²) in [6, 6.07) is 7.81. The molecule has 0 aliphatic rings. The number of aromatic nitrogens is 6. The van der Waals surface area contributed by atoms with Gasteiger partial charge in [0.1, 0.15) is 0 Å². The van der Waals surface area contributed by atoms with Crippen molar-refractivity contribution in [1.82, 2.24) is 29.8 Å². The van der Waals surface area contributed by atoms with Crippen LogP contribution >= 0.6 is 0 Å². The highest BCUT2D eigenvalue weighted by molar-refractivity contribution is 5.79. The maximum atomic E-state index is 12.9. The maximum Gasteiger partial charge on any atom is 0.453 e. The summed E-state index contributed by atoms with van der Waals surface area (Å²) in [5.41, 5.74) is 1.36. The van der Waals surface area contributed by atoms with Crippen molar-refractivity contribution in [3.8, 4) is 0 Å². The maximum absolute atomic E-state index is 12.9. The quantitative estimate of drug-likeness (QED) is 0.520. The first-order chi connectivity index (χ1) is 11.4. The van der Waals surface area contributed by atoms with E-state index in [0.717, 1.165) is 0 Å². The van der Waals surface area contributed by atoms with Crippen molar-refractivity contribution in [2.75, 3.05) is 5.32 Å². The number of fused-ring (bicyclic) bond motifs is 2. The van der Waals surface area contributed by atoms with Crippen LogP contribution < -0.4 is 11.0 Å².